The van der Waals surface area contributed by atoms with Gasteiger partial charge in [0.25, 0.3) is 0 Å². The molecule has 2 aliphatic rings. The van der Waals surface area contributed by atoms with Crippen molar-refractivity contribution in [1.29, 1.82) is 0 Å². The molecule has 0 saturated carbocycles. The number of H-pyrrole nitrogens is 1. The molecule has 144 valence electrons. The molecule has 0 spiro atoms. The lowest BCUT2D eigenvalue weighted by atomic mass is 9.90. The van der Waals surface area contributed by atoms with Crippen LogP contribution in [0.2, 0.25) is 0 Å². The SMILES string of the molecule is Fc1cccc(-c2cn[nH]c2[C@H]2CCCN(Cc3cccc4c3OCO4)C2)c1. The van der Waals surface area contributed by atoms with Crippen LogP contribution in [0.25, 0.3) is 11.1 Å². The van der Waals surface area contributed by atoms with Crippen LogP contribution in [0.5, 0.6) is 11.5 Å². The van der Waals surface area contributed by atoms with Gasteiger partial charge < -0.3 is 9.47 Å². The smallest absolute Gasteiger partial charge is 0.231 e. The summed E-state index contributed by atoms with van der Waals surface area (Å²) in [6.45, 7) is 3.09. The normalized spacial score (nSPS) is 19.1. The predicted molar refractivity (Wildman–Crippen MR) is 104 cm³/mol. The molecule has 3 aromatic rings. The van der Waals surface area contributed by atoms with Gasteiger partial charge in [0.15, 0.2) is 11.5 Å². The van der Waals surface area contributed by atoms with E-state index in [1.807, 2.05) is 18.2 Å². The van der Waals surface area contributed by atoms with Gasteiger partial charge in [0.05, 0.1) is 6.20 Å². The molecule has 28 heavy (non-hydrogen) atoms. The largest absolute Gasteiger partial charge is 0.454 e. The molecule has 1 fully saturated rings. The zero-order valence-corrected chi connectivity index (χ0v) is 15.5. The average molecular weight is 379 g/mol. The van der Waals surface area contributed by atoms with Gasteiger partial charge in [0.1, 0.15) is 5.82 Å². The van der Waals surface area contributed by atoms with Crippen molar-refractivity contribution in [3.63, 3.8) is 0 Å². The van der Waals surface area contributed by atoms with Crippen LogP contribution in [0.3, 0.4) is 0 Å². The van der Waals surface area contributed by atoms with E-state index in [0.717, 1.165) is 66.4 Å². The number of ether oxygens (including phenoxy) is 2. The number of piperidine rings is 1. The molecule has 1 N–H and O–H groups in total. The fraction of sp³-hybridized carbons (Fsp3) is 0.318. The van der Waals surface area contributed by atoms with Crippen LogP contribution >= 0.6 is 0 Å². The molecule has 6 heteroatoms. The Morgan fingerprint density at radius 1 is 1.18 bits per heavy atom. The van der Waals surface area contributed by atoms with Gasteiger partial charge in [0.2, 0.25) is 6.79 Å². The van der Waals surface area contributed by atoms with Crippen molar-refractivity contribution in [2.24, 2.45) is 0 Å². The summed E-state index contributed by atoms with van der Waals surface area (Å²) in [4.78, 5) is 2.45. The second-order valence-electron chi connectivity index (χ2n) is 7.43. The van der Waals surface area contributed by atoms with Gasteiger partial charge in [-0.2, -0.15) is 5.10 Å². The number of halogens is 1. The summed E-state index contributed by atoms with van der Waals surface area (Å²) in [6, 6.07) is 12.8. The van der Waals surface area contributed by atoms with E-state index in [4.69, 9.17) is 9.47 Å². The molecule has 1 saturated heterocycles. The van der Waals surface area contributed by atoms with Crippen LogP contribution < -0.4 is 9.47 Å². The number of para-hydroxylation sites is 1. The van der Waals surface area contributed by atoms with E-state index < -0.39 is 0 Å². The van der Waals surface area contributed by atoms with E-state index >= 15 is 0 Å². The maximum absolute atomic E-state index is 13.7. The summed E-state index contributed by atoms with van der Waals surface area (Å²) in [5, 5.41) is 7.43. The number of hydrogen-bond donors (Lipinski definition) is 1. The third kappa shape index (κ3) is 3.24. The zero-order valence-electron chi connectivity index (χ0n) is 15.5. The number of nitrogens with zero attached hydrogens (tertiary/aromatic N) is 2. The maximum Gasteiger partial charge on any atom is 0.231 e. The molecule has 5 nitrogen and oxygen atoms in total. The quantitative estimate of drug-likeness (QED) is 0.733. The van der Waals surface area contributed by atoms with E-state index in [0.29, 0.717) is 12.7 Å². The fourth-order valence-corrected chi connectivity index (χ4v) is 4.28. The van der Waals surface area contributed by atoms with Crippen LogP contribution in [-0.2, 0) is 6.54 Å². The number of benzene rings is 2. The average Bonchev–Trinajstić information content (AvgIpc) is 3.38. The Labute approximate surface area is 163 Å². The number of hydrogen-bond acceptors (Lipinski definition) is 4. The van der Waals surface area contributed by atoms with Crippen LogP contribution in [-0.4, -0.2) is 35.0 Å². The van der Waals surface area contributed by atoms with Gasteiger partial charge in [0, 0.05) is 35.8 Å². The first-order valence-corrected chi connectivity index (χ1v) is 9.67. The van der Waals surface area contributed by atoms with Crippen molar-refractivity contribution in [3.05, 3.63) is 65.7 Å². The second-order valence-corrected chi connectivity index (χ2v) is 7.43. The van der Waals surface area contributed by atoms with E-state index in [9.17, 15) is 4.39 Å². The minimum Gasteiger partial charge on any atom is -0.454 e. The third-order valence-electron chi connectivity index (χ3n) is 5.59. The van der Waals surface area contributed by atoms with Crippen LogP contribution in [0.4, 0.5) is 4.39 Å². The van der Waals surface area contributed by atoms with Crippen LogP contribution in [0.15, 0.2) is 48.7 Å². The number of aromatic nitrogens is 2. The molecule has 0 aliphatic carbocycles. The van der Waals surface area contributed by atoms with Gasteiger partial charge in [-0.1, -0.05) is 24.3 Å². The molecular weight excluding hydrogens is 357 g/mol. The van der Waals surface area contributed by atoms with E-state index in [1.54, 1.807) is 18.3 Å². The Hall–Kier alpha value is -2.86. The van der Waals surface area contributed by atoms with E-state index in [-0.39, 0.29) is 5.82 Å². The summed E-state index contributed by atoms with van der Waals surface area (Å²) >= 11 is 0. The molecule has 1 atom stereocenters. The first-order chi connectivity index (χ1) is 13.8. The minimum absolute atomic E-state index is 0.227. The molecule has 5 rings (SSSR count). The van der Waals surface area contributed by atoms with Crippen molar-refractivity contribution in [1.82, 2.24) is 15.1 Å². The Kier molecular flexibility index (Phi) is 4.49. The lowest BCUT2D eigenvalue weighted by molar-refractivity contribution is 0.169. The van der Waals surface area contributed by atoms with Crippen molar-refractivity contribution in [3.8, 4) is 22.6 Å². The van der Waals surface area contributed by atoms with Gasteiger partial charge in [-0.3, -0.25) is 10.00 Å². The highest BCUT2D eigenvalue weighted by Gasteiger charge is 2.27. The molecule has 3 heterocycles. The Balaban J connectivity index is 1.36. The standard InChI is InChI=1S/C22H22FN3O2/c23-18-7-1-4-15(10-18)19-11-24-25-21(19)16-6-3-9-26(12-16)13-17-5-2-8-20-22(17)28-14-27-20/h1-2,4-5,7-8,10-11,16H,3,6,9,12-14H2,(H,24,25)/t16-/m0/s1. The molecule has 0 unspecified atom stereocenters. The van der Waals surface area contributed by atoms with Crippen molar-refractivity contribution in [2.45, 2.75) is 25.3 Å². The van der Waals surface area contributed by atoms with Gasteiger partial charge in [-0.05, 0) is 43.1 Å². The summed E-state index contributed by atoms with van der Waals surface area (Å²) in [7, 11) is 0. The molecule has 0 amide bonds. The number of likely N-dealkylation sites (tertiary alicyclic amines) is 1. The summed E-state index contributed by atoms with van der Waals surface area (Å²) in [5.41, 5.74) is 4.11. The minimum atomic E-state index is -0.227. The van der Waals surface area contributed by atoms with Crippen LogP contribution in [0.1, 0.15) is 30.0 Å². The van der Waals surface area contributed by atoms with Crippen LogP contribution in [0, 0.1) is 5.82 Å². The molecule has 0 bridgehead atoms. The molecular formula is C22H22FN3O2. The topological polar surface area (TPSA) is 50.4 Å². The highest BCUT2D eigenvalue weighted by Crippen LogP contribution is 2.38. The van der Waals surface area contributed by atoms with E-state index in [1.165, 1.54) is 6.07 Å². The fourth-order valence-electron chi connectivity index (χ4n) is 4.28. The maximum atomic E-state index is 13.7. The summed E-state index contributed by atoms with van der Waals surface area (Å²) < 4.78 is 24.8. The number of rotatable bonds is 4. The number of nitrogens with one attached hydrogen (secondary N) is 1. The first-order valence-electron chi connectivity index (χ1n) is 9.67. The molecule has 2 aliphatic heterocycles. The predicted octanol–water partition coefficient (Wildman–Crippen LogP) is 4.32. The lowest BCUT2D eigenvalue weighted by Gasteiger charge is -2.33. The van der Waals surface area contributed by atoms with Gasteiger partial charge in [-0.25, -0.2) is 4.39 Å². The highest BCUT2D eigenvalue weighted by atomic mass is 19.1. The Morgan fingerprint density at radius 2 is 2.11 bits per heavy atom. The Bertz CT molecular complexity index is 987. The second kappa shape index (κ2) is 7.28. The van der Waals surface area contributed by atoms with Crippen molar-refractivity contribution >= 4 is 0 Å². The first kappa shape index (κ1) is 17.3. The van der Waals surface area contributed by atoms with Gasteiger partial charge in [-0.15, -0.1) is 0 Å². The zero-order chi connectivity index (χ0) is 18.9. The van der Waals surface area contributed by atoms with E-state index in [2.05, 4.69) is 21.2 Å². The monoisotopic (exact) mass is 379 g/mol. The van der Waals surface area contributed by atoms with Crippen molar-refractivity contribution < 1.29 is 13.9 Å². The number of aromatic amines is 1. The van der Waals surface area contributed by atoms with Crippen molar-refractivity contribution in [2.75, 3.05) is 19.9 Å². The number of fused-ring (bicyclic) bond motifs is 1. The third-order valence-corrected chi connectivity index (χ3v) is 5.59. The highest BCUT2D eigenvalue weighted by molar-refractivity contribution is 5.66. The molecule has 2 aromatic carbocycles. The summed E-state index contributed by atoms with van der Waals surface area (Å²) in [5.74, 6) is 1.80. The summed E-state index contributed by atoms with van der Waals surface area (Å²) in [6.07, 6.45) is 4.00. The van der Waals surface area contributed by atoms with Gasteiger partial charge >= 0.3 is 0 Å². The molecule has 0 radical (unpaired) electrons. The Morgan fingerprint density at radius 3 is 3.04 bits per heavy atom. The molecule has 1 aromatic heterocycles. The lowest BCUT2D eigenvalue weighted by Crippen LogP contribution is -2.34.